The number of ether oxygens (including phenoxy) is 1. The zero-order valence-corrected chi connectivity index (χ0v) is 12.8. The molecule has 0 spiro atoms. The highest BCUT2D eigenvalue weighted by atomic mass is 16.5. The largest absolute Gasteiger partial charge is 0.377 e. The molecule has 0 saturated carbocycles. The summed E-state index contributed by atoms with van der Waals surface area (Å²) in [4.78, 5) is 11.2. The van der Waals surface area contributed by atoms with E-state index in [9.17, 15) is 0 Å². The third-order valence-corrected chi connectivity index (χ3v) is 3.05. The van der Waals surface area contributed by atoms with Crippen molar-refractivity contribution in [2.45, 2.75) is 20.5 Å². The van der Waals surface area contributed by atoms with Gasteiger partial charge in [0.2, 0.25) is 0 Å². The molecule has 0 bridgehead atoms. The molecule has 0 atom stereocenters. The summed E-state index contributed by atoms with van der Waals surface area (Å²) in [7, 11) is 1.65. The van der Waals surface area contributed by atoms with Gasteiger partial charge in [-0.25, -0.2) is 9.97 Å². The van der Waals surface area contributed by atoms with Crippen LogP contribution >= 0.6 is 0 Å². The quantitative estimate of drug-likeness (QED) is 0.847. The SMILES string of the molecule is CCNc1cc(N(CC)c2ccccc2)nc(COC)n1. The van der Waals surface area contributed by atoms with Crippen LogP contribution in [0.3, 0.4) is 0 Å². The number of hydrogen-bond donors (Lipinski definition) is 1. The Hall–Kier alpha value is -2.14. The van der Waals surface area contributed by atoms with Crippen LogP contribution in [0.25, 0.3) is 0 Å². The molecule has 5 heteroatoms. The van der Waals surface area contributed by atoms with E-state index >= 15 is 0 Å². The standard InChI is InChI=1S/C16H22N4O/c1-4-17-14-11-16(19-15(18-14)12-21-3)20(5-2)13-9-7-6-8-10-13/h6-11H,4-5,12H2,1-3H3,(H,17,18,19). The summed E-state index contributed by atoms with van der Waals surface area (Å²) in [6.45, 7) is 6.21. The summed E-state index contributed by atoms with van der Waals surface area (Å²) in [6, 6.07) is 12.2. The normalized spacial score (nSPS) is 10.4. The van der Waals surface area contributed by atoms with E-state index in [0.717, 1.165) is 30.4 Å². The van der Waals surface area contributed by atoms with Crippen LogP contribution in [0.1, 0.15) is 19.7 Å². The molecule has 2 rings (SSSR count). The molecule has 0 fully saturated rings. The molecule has 0 unspecified atom stereocenters. The molecule has 0 aliphatic carbocycles. The summed E-state index contributed by atoms with van der Waals surface area (Å²) in [6.07, 6.45) is 0. The van der Waals surface area contributed by atoms with Crippen LogP contribution in [-0.2, 0) is 11.3 Å². The molecule has 0 saturated heterocycles. The Bertz CT molecular complexity index is 535. The molecule has 0 radical (unpaired) electrons. The van der Waals surface area contributed by atoms with Gasteiger partial charge in [0.05, 0.1) is 0 Å². The highest BCUT2D eigenvalue weighted by Gasteiger charge is 2.12. The molecular formula is C16H22N4O. The first-order valence-corrected chi connectivity index (χ1v) is 7.21. The van der Waals surface area contributed by atoms with Gasteiger partial charge >= 0.3 is 0 Å². The zero-order chi connectivity index (χ0) is 15.1. The summed E-state index contributed by atoms with van der Waals surface area (Å²) < 4.78 is 5.16. The van der Waals surface area contributed by atoms with E-state index in [1.807, 2.05) is 31.2 Å². The molecule has 1 heterocycles. The second-order valence-corrected chi connectivity index (χ2v) is 4.57. The number of para-hydroxylation sites is 1. The molecule has 1 aromatic carbocycles. The van der Waals surface area contributed by atoms with E-state index in [4.69, 9.17) is 4.74 Å². The van der Waals surface area contributed by atoms with Crippen LogP contribution in [-0.4, -0.2) is 30.2 Å². The van der Waals surface area contributed by atoms with Gasteiger partial charge in [-0.2, -0.15) is 0 Å². The van der Waals surface area contributed by atoms with Gasteiger partial charge in [0.1, 0.15) is 18.2 Å². The van der Waals surface area contributed by atoms with Gasteiger partial charge in [-0.15, -0.1) is 0 Å². The zero-order valence-electron chi connectivity index (χ0n) is 12.8. The number of benzene rings is 1. The first-order chi connectivity index (χ1) is 10.3. The molecule has 112 valence electrons. The number of anilines is 3. The van der Waals surface area contributed by atoms with E-state index in [-0.39, 0.29) is 0 Å². The van der Waals surface area contributed by atoms with Gasteiger partial charge in [-0.1, -0.05) is 18.2 Å². The van der Waals surface area contributed by atoms with Crippen molar-refractivity contribution in [2.24, 2.45) is 0 Å². The fraction of sp³-hybridized carbons (Fsp3) is 0.375. The van der Waals surface area contributed by atoms with Crippen molar-refractivity contribution >= 4 is 17.3 Å². The van der Waals surface area contributed by atoms with Gasteiger partial charge in [-0.05, 0) is 26.0 Å². The van der Waals surface area contributed by atoms with Crippen molar-refractivity contribution in [3.63, 3.8) is 0 Å². The van der Waals surface area contributed by atoms with Gasteiger partial charge < -0.3 is 15.0 Å². The van der Waals surface area contributed by atoms with Crippen LogP contribution in [0.15, 0.2) is 36.4 Å². The van der Waals surface area contributed by atoms with Crippen molar-refractivity contribution in [1.82, 2.24) is 9.97 Å². The highest BCUT2D eigenvalue weighted by molar-refractivity contribution is 5.62. The molecule has 1 aromatic heterocycles. The van der Waals surface area contributed by atoms with E-state index in [1.165, 1.54) is 0 Å². The lowest BCUT2D eigenvalue weighted by molar-refractivity contribution is 0.178. The maximum Gasteiger partial charge on any atom is 0.158 e. The molecular weight excluding hydrogens is 264 g/mol. The lowest BCUT2D eigenvalue weighted by Crippen LogP contribution is -2.19. The maximum absolute atomic E-state index is 5.16. The predicted octanol–water partition coefficient (Wildman–Crippen LogP) is 3.21. The van der Waals surface area contributed by atoms with Crippen LogP contribution in [0, 0.1) is 0 Å². The third-order valence-electron chi connectivity index (χ3n) is 3.05. The van der Waals surface area contributed by atoms with Crippen LogP contribution < -0.4 is 10.2 Å². The van der Waals surface area contributed by atoms with E-state index < -0.39 is 0 Å². The molecule has 0 aliphatic heterocycles. The van der Waals surface area contributed by atoms with Crippen LogP contribution in [0.2, 0.25) is 0 Å². The van der Waals surface area contributed by atoms with E-state index in [2.05, 4.69) is 39.2 Å². The fourth-order valence-electron chi connectivity index (χ4n) is 2.17. The monoisotopic (exact) mass is 286 g/mol. The summed E-state index contributed by atoms with van der Waals surface area (Å²) >= 11 is 0. The van der Waals surface area contributed by atoms with Gasteiger partial charge in [0, 0.05) is 32.0 Å². The average Bonchev–Trinajstić information content (AvgIpc) is 2.50. The predicted molar refractivity (Wildman–Crippen MR) is 86.0 cm³/mol. The number of nitrogens with zero attached hydrogens (tertiary/aromatic N) is 3. The topological polar surface area (TPSA) is 50.3 Å². The number of methoxy groups -OCH3 is 1. The first-order valence-electron chi connectivity index (χ1n) is 7.21. The Labute approximate surface area is 126 Å². The van der Waals surface area contributed by atoms with Gasteiger partial charge in [-0.3, -0.25) is 0 Å². The number of rotatable bonds is 7. The van der Waals surface area contributed by atoms with Crippen molar-refractivity contribution in [3.05, 3.63) is 42.2 Å². The lowest BCUT2D eigenvalue weighted by atomic mass is 10.3. The Balaban J connectivity index is 2.39. The Morgan fingerprint density at radius 2 is 1.90 bits per heavy atom. The Morgan fingerprint density at radius 1 is 1.14 bits per heavy atom. The summed E-state index contributed by atoms with van der Waals surface area (Å²) in [5.41, 5.74) is 1.12. The fourth-order valence-corrected chi connectivity index (χ4v) is 2.17. The number of aromatic nitrogens is 2. The van der Waals surface area contributed by atoms with E-state index in [1.54, 1.807) is 7.11 Å². The molecule has 1 N–H and O–H groups in total. The second kappa shape index (κ2) is 7.59. The molecule has 0 aliphatic rings. The molecule has 21 heavy (non-hydrogen) atoms. The van der Waals surface area contributed by atoms with Gasteiger partial charge in [0.15, 0.2) is 5.82 Å². The van der Waals surface area contributed by atoms with Crippen LogP contribution in [0.5, 0.6) is 0 Å². The number of nitrogens with one attached hydrogen (secondary N) is 1. The van der Waals surface area contributed by atoms with Crippen molar-refractivity contribution < 1.29 is 4.74 Å². The number of hydrogen-bond acceptors (Lipinski definition) is 5. The third kappa shape index (κ3) is 3.92. The minimum absolute atomic E-state index is 0.401. The van der Waals surface area contributed by atoms with Crippen molar-refractivity contribution in [2.75, 3.05) is 30.4 Å². The minimum Gasteiger partial charge on any atom is -0.377 e. The highest BCUT2D eigenvalue weighted by Crippen LogP contribution is 2.25. The van der Waals surface area contributed by atoms with E-state index in [0.29, 0.717) is 12.4 Å². The molecule has 5 nitrogen and oxygen atoms in total. The minimum atomic E-state index is 0.401. The lowest BCUT2D eigenvalue weighted by Gasteiger charge is -2.23. The summed E-state index contributed by atoms with van der Waals surface area (Å²) in [5.74, 6) is 2.38. The van der Waals surface area contributed by atoms with Gasteiger partial charge in [0.25, 0.3) is 0 Å². The van der Waals surface area contributed by atoms with Crippen molar-refractivity contribution in [1.29, 1.82) is 0 Å². The molecule has 0 amide bonds. The molecule has 2 aromatic rings. The Kier molecular flexibility index (Phi) is 5.51. The first kappa shape index (κ1) is 15.3. The maximum atomic E-state index is 5.16. The summed E-state index contributed by atoms with van der Waals surface area (Å²) in [5, 5.41) is 3.24. The second-order valence-electron chi connectivity index (χ2n) is 4.57. The average molecular weight is 286 g/mol. The Morgan fingerprint density at radius 3 is 2.52 bits per heavy atom. The van der Waals surface area contributed by atoms with Crippen molar-refractivity contribution in [3.8, 4) is 0 Å². The smallest absolute Gasteiger partial charge is 0.158 e. The van der Waals surface area contributed by atoms with Crippen LogP contribution in [0.4, 0.5) is 17.3 Å².